The van der Waals surface area contributed by atoms with Crippen molar-refractivity contribution in [3.05, 3.63) is 34.3 Å². The van der Waals surface area contributed by atoms with Gasteiger partial charge in [-0.15, -0.1) is 11.8 Å². The molecule has 0 saturated heterocycles. The Morgan fingerprint density at radius 1 is 1.21 bits per heavy atom. The Balaban J connectivity index is 2.86. The van der Waals surface area contributed by atoms with E-state index in [2.05, 4.69) is 21.2 Å². The largest absolute Gasteiger partial charge is 0.444 e. The summed E-state index contributed by atoms with van der Waals surface area (Å²) in [6, 6.07) is 7.89. The van der Waals surface area contributed by atoms with Gasteiger partial charge in [-0.05, 0) is 51.6 Å². The van der Waals surface area contributed by atoms with E-state index in [-0.39, 0.29) is 0 Å². The van der Waals surface area contributed by atoms with Gasteiger partial charge in [0.15, 0.2) is 0 Å². The second kappa shape index (κ2) is 6.18. The van der Waals surface area contributed by atoms with Crippen molar-refractivity contribution in [1.82, 2.24) is 5.32 Å². The summed E-state index contributed by atoms with van der Waals surface area (Å²) in [5.41, 5.74) is 0.525. The molecular formula is C14H20BrNO2S. The highest BCUT2D eigenvalue weighted by Gasteiger charge is 2.29. The van der Waals surface area contributed by atoms with E-state index in [0.29, 0.717) is 0 Å². The molecule has 0 saturated carbocycles. The molecule has 1 aromatic carbocycles. The lowest BCUT2D eigenvalue weighted by atomic mass is 10.1. The number of carbonyl (C=O) groups is 1. The number of alkyl carbamates (subject to hydrolysis) is 1. The quantitative estimate of drug-likeness (QED) is 0.819. The van der Waals surface area contributed by atoms with E-state index in [4.69, 9.17) is 4.74 Å². The van der Waals surface area contributed by atoms with Crippen LogP contribution < -0.4 is 5.32 Å². The van der Waals surface area contributed by atoms with Gasteiger partial charge in [-0.25, -0.2) is 4.79 Å². The van der Waals surface area contributed by atoms with Crippen LogP contribution in [-0.2, 0) is 9.61 Å². The first kappa shape index (κ1) is 16.4. The highest BCUT2D eigenvalue weighted by atomic mass is 79.9. The molecule has 3 nitrogen and oxygen atoms in total. The van der Waals surface area contributed by atoms with Crippen molar-refractivity contribution in [2.24, 2.45) is 0 Å². The van der Waals surface area contributed by atoms with Crippen LogP contribution in [0.25, 0.3) is 0 Å². The van der Waals surface area contributed by atoms with E-state index in [1.807, 2.05) is 58.2 Å². The Morgan fingerprint density at radius 3 is 2.16 bits per heavy atom. The van der Waals surface area contributed by atoms with Crippen molar-refractivity contribution in [1.29, 1.82) is 0 Å². The van der Waals surface area contributed by atoms with Gasteiger partial charge in [-0.3, -0.25) is 0 Å². The average molecular weight is 346 g/mol. The van der Waals surface area contributed by atoms with Crippen molar-refractivity contribution in [3.63, 3.8) is 0 Å². The number of rotatable bonds is 3. The number of ether oxygens (including phenoxy) is 1. The number of hydrogen-bond acceptors (Lipinski definition) is 3. The smallest absolute Gasteiger partial charge is 0.409 e. The van der Waals surface area contributed by atoms with Gasteiger partial charge in [-0.1, -0.05) is 28.1 Å². The third-order valence-electron chi connectivity index (χ3n) is 2.54. The molecule has 0 fully saturated rings. The normalized spacial score (nSPS) is 14.6. The van der Waals surface area contributed by atoms with E-state index in [9.17, 15) is 4.79 Å². The van der Waals surface area contributed by atoms with Gasteiger partial charge in [0.05, 0.1) is 0 Å². The summed E-state index contributed by atoms with van der Waals surface area (Å²) in [5, 5.41) is 2.92. The lowest BCUT2D eigenvalue weighted by molar-refractivity contribution is 0.0497. The molecule has 19 heavy (non-hydrogen) atoms. The predicted octanol–water partition coefficient (Wildman–Crippen LogP) is 4.51. The number of carbonyl (C=O) groups excluding carboxylic acids is 1. The molecule has 1 N–H and O–H groups in total. The van der Waals surface area contributed by atoms with Gasteiger partial charge in [0.25, 0.3) is 0 Å². The molecule has 1 amide bonds. The van der Waals surface area contributed by atoms with Crippen molar-refractivity contribution in [2.75, 3.05) is 6.26 Å². The fraction of sp³-hybridized carbons (Fsp3) is 0.500. The van der Waals surface area contributed by atoms with Crippen LogP contribution in [0.1, 0.15) is 33.3 Å². The van der Waals surface area contributed by atoms with Crippen LogP contribution in [0, 0.1) is 0 Å². The molecule has 5 heteroatoms. The van der Waals surface area contributed by atoms with Crippen molar-refractivity contribution >= 4 is 33.8 Å². The van der Waals surface area contributed by atoms with Crippen LogP contribution >= 0.6 is 27.7 Å². The molecule has 1 atom stereocenters. The molecule has 1 rings (SSSR count). The fourth-order valence-corrected chi connectivity index (χ4v) is 2.33. The minimum atomic E-state index is -0.511. The number of hydrogen-bond donors (Lipinski definition) is 1. The molecule has 1 aromatic rings. The van der Waals surface area contributed by atoms with Crippen LogP contribution in [0.3, 0.4) is 0 Å². The van der Waals surface area contributed by atoms with Crippen molar-refractivity contribution < 1.29 is 9.53 Å². The highest BCUT2D eigenvalue weighted by Crippen LogP contribution is 2.32. The summed E-state index contributed by atoms with van der Waals surface area (Å²) in [4.78, 5) is 11.4. The second-order valence-corrected chi connectivity index (χ2v) is 7.51. The first-order chi connectivity index (χ1) is 8.66. The van der Waals surface area contributed by atoms with E-state index in [1.165, 1.54) is 0 Å². The first-order valence-corrected chi connectivity index (χ1v) is 8.00. The summed E-state index contributed by atoms with van der Waals surface area (Å²) in [5.74, 6) is 0. The molecular weight excluding hydrogens is 326 g/mol. The Morgan fingerprint density at radius 2 is 1.74 bits per heavy atom. The van der Waals surface area contributed by atoms with Gasteiger partial charge in [-0.2, -0.15) is 0 Å². The third kappa shape index (κ3) is 5.07. The van der Waals surface area contributed by atoms with Crippen LogP contribution in [-0.4, -0.2) is 18.0 Å². The highest BCUT2D eigenvalue weighted by molar-refractivity contribution is 9.10. The van der Waals surface area contributed by atoms with E-state index in [1.54, 1.807) is 11.8 Å². The molecule has 0 bridgehead atoms. The number of halogens is 1. The lowest BCUT2D eigenvalue weighted by Crippen LogP contribution is -2.43. The van der Waals surface area contributed by atoms with Crippen LogP contribution in [0.4, 0.5) is 4.79 Å². The first-order valence-electron chi connectivity index (χ1n) is 5.99. The maximum absolute atomic E-state index is 11.9. The zero-order valence-electron chi connectivity index (χ0n) is 11.9. The topological polar surface area (TPSA) is 38.3 Å². The van der Waals surface area contributed by atoms with Crippen molar-refractivity contribution in [2.45, 2.75) is 38.2 Å². The molecule has 0 heterocycles. The zero-order valence-corrected chi connectivity index (χ0v) is 14.3. The molecule has 0 aliphatic carbocycles. The standard InChI is InChI=1S/C14H20BrNO2S/c1-13(2,3)18-12(17)16-14(4,19-5)10-6-8-11(15)9-7-10/h6-9H,1-5H3,(H,16,17). The summed E-state index contributed by atoms with van der Waals surface area (Å²) in [6.07, 6.45) is 1.55. The number of nitrogens with one attached hydrogen (secondary N) is 1. The molecule has 106 valence electrons. The summed E-state index contributed by atoms with van der Waals surface area (Å²) >= 11 is 4.96. The van der Waals surface area contributed by atoms with Gasteiger partial charge in [0, 0.05) is 4.47 Å². The second-order valence-electron chi connectivity index (χ2n) is 5.37. The maximum Gasteiger partial charge on any atom is 0.409 e. The maximum atomic E-state index is 11.9. The summed E-state index contributed by atoms with van der Waals surface area (Å²) in [7, 11) is 0. The van der Waals surface area contributed by atoms with Crippen LogP contribution in [0.5, 0.6) is 0 Å². The number of benzene rings is 1. The minimum absolute atomic E-state index is 0.410. The van der Waals surface area contributed by atoms with E-state index < -0.39 is 16.6 Å². The van der Waals surface area contributed by atoms with Gasteiger partial charge in [0.2, 0.25) is 0 Å². The van der Waals surface area contributed by atoms with E-state index in [0.717, 1.165) is 10.0 Å². The summed E-state index contributed by atoms with van der Waals surface area (Å²) < 4.78 is 6.32. The summed E-state index contributed by atoms with van der Waals surface area (Å²) in [6.45, 7) is 7.51. The Kier molecular flexibility index (Phi) is 5.33. The average Bonchev–Trinajstić information content (AvgIpc) is 2.26. The monoisotopic (exact) mass is 345 g/mol. The van der Waals surface area contributed by atoms with Crippen LogP contribution in [0.15, 0.2) is 28.7 Å². The number of thioether (sulfide) groups is 1. The Hall–Kier alpha value is -0.680. The molecule has 0 aliphatic heterocycles. The SMILES string of the molecule is CSC(C)(NC(=O)OC(C)(C)C)c1ccc(Br)cc1. The number of amides is 1. The molecule has 1 unspecified atom stereocenters. The van der Waals surface area contributed by atoms with Gasteiger partial charge < -0.3 is 10.1 Å². The molecule has 0 radical (unpaired) electrons. The molecule has 0 spiro atoms. The van der Waals surface area contributed by atoms with E-state index >= 15 is 0 Å². The lowest BCUT2D eigenvalue weighted by Gasteiger charge is -2.31. The minimum Gasteiger partial charge on any atom is -0.444 e. The van der Waals surface area contributed by atoms with Gasteiger partial charge >= 0.3 is 6.09 Å². The Bertz CT molecular complexity index is 442. The predicted molar refractivity (Wildman–Crippen MR) is 84.4 cm³/mol. The van der Waals surface area contributed by atoms with Crippen molar-refractivity contribution in [3.8, 4) is 0 Å². The fourth-order valence-electron chi connectivity index (χ4n) is 1.51. The van der Waals surface area contributed by atoms with Gasteiger partial charge in [0.1, 0.15) is 10.5 Å². The molecule has 0 aromatic heterocycles. The zero-order chi connectivity index (χ0) is 14.7. The third-order valence-corrected chi connectivity index (χ3v) is 4.23. The van der Waals surface area contributed by atoms with Crippen LogP contribution in [0.2, 0.25) is 0 Å². The Labute approximate surface area is 127 Å². The molecule has 0 aliphatic rings.